The van der Waals surface area contributed by atoms with Crippen molar-refractivity contribution < 1.29 is 0 Å². The highest BCUT2D eigenvalue weighted by Crippen LogP contribution is 2.35. The summed E-state index contributed by atoms with van der Waals surface area (Å²) < 4.78 is 0. The highest BCUT2D eigenvalue weighted by atomic mass is 14.3. The molecule has 0 aromatic heterocycles. The summed E-state index contributed by atoms with van der Waals surface area (Å²) in [6, 6.07) is 13.5. The molecular formula is C17H22. The Hall–Kier alpha value is -1.30. The number of fused-ring (bicyclic) bond motifs is 1. The summed E-state index contributed by atoms with van der Waals surface area (Å²) in [5, 5.41) is 2.69. The third-order valence-corrected chi connectivity index (χ3v) is 3.82. The lowest BCUT2D eigenvalue weighted by Crippen LogP contribution is -2.15. The lowest BCUT2D eigenvalue weighted by atomic mass is 9.77. The topological polar surface area (TPSA) is 0 Å². The zero-order valence-corrected chi connectivity index (χ0v) is 11.5. The molecule has 0 fully saturated rings. The lowest BCUT2D eigenvalue weighted by Gasteiger charge is -2.27. The third-order valence-electron chi connectivity index (χ3n) is 3.82. The second-order valence-electron chi connectivity index (χ2n) is 6.20. The Morgan fingerprint density at radius 3 is 2.12 bits per heavy atom. The number of hydrogen-bond acceptors (Lipinski definition) is 0. The first-order valence-corrected chi connectivity index (χ1v) is 6.38. The SMILES string of the molecule is Cc1ccc2cc(C(C)C(C)(C)C)ccc2c1. The average Bonchev–Trinajstić information content (AvgIpc) is 2.26. The average molecular weight is 226 g/mol. The molecule has 0 bridgehead atoms. The molecule has 90 valence electrons. The van der Waals surface area contributed by atoms with Crippen LogP contribution in [-0.2, 0) is 0 Å². The van der Waals surface area contributed by atoms with Gasteiger partial charge in [-0.1, -0.05) is 69.7 Å². The summed E-state index contributed by atoms with van der Waals surface area (Å²) in [5.74, 6) is 0.577. The Morgan fingerprint density at radius 1 is 0.882 bits per heavy atom. The Morgan fingerprint density at radius 2 is 1.47 bits per heavy atom. The molecule has 2 aromatic rings. The van der Waals surface area contributed by atoms with E-state index in [4.69, 9.17) is 0 Å². The van der Waals surface area contributed by atoms with Crippen molar-refractivity contribution in [1.82, 2.24) is 0 Å². The van der Waals surface area contributed by atoms with Gasteiger partial charge in [0, 0.05) is 0 Å². The lowest BCUT2D eigenvalue weighted by molar-refractivity contribution is 0.340. The van der Waals surface area contributed by atoms with Gasteiger partial charge in [-0.25, -0.2) is 0 Å². The Kier molecular flexibility index (Phi) is 2.99. The summed E-state index contributed by atoms with van der Waals surface area (Å²) in [7, 11) is 0. The molecular weight excluding hydrogens is 204 g/mol. The Labute approximate surface area is 105 Å². The fourth-order valence-corrected chi connectivity index (χ4v) is 2.15. The Bertz CT molecular complexity index is 529. The summed E-state index contributed by atoms with van der Waals surface area (Å²) in [6.45, 7) is 11.4. The summed E-state index contributed by atoms with van der Waals surface area (Å²) >= 11 is 0. The first-order chi connectivity index (χ1) is 7.88. The normalized spacial score (nSPS) is 13.9. The van der Waals surface area contributed by atoms with E-state index in [1.54, 1.807) is 0 Å². The molecule has 2 aromatic carbocycles. The van der Waals surface area contributed by atoms with Crippen molar-refractivity contribution in [2.75, 3.05) is 0 Å². The van der Waals surface area contributed by atoms with Gasteiger partial charge in [0.15, 0.2) is 0 Å². The monoisotopic (exact) mass is 226 g/mol. The molecule has 0 heteroatoms. The van der Waals surface area contributed by atoms with Crippen molar-refractivity contribution in [2.45, 2.75) is 40.5 Å². The van der Waals surface area contributed by atoms with Gasteiger partial charge in [-0.05, 0) is 34.6 Å². The number of rotatable bonds is 1. The van der Waals surface area contributed by atoms with Crippen LogP contribution in [0.2, 0.25) is 0 Å². The van der Waals surface area contributed by atoms with E-state index in [-0.39, 0.29) is 0 Å². The van der Waals surface area contributed by atoms with Crippen LogP contribution < -0.4 is 0 Å². The third kappa shape index (κ3) is 2.52. The van der Waals surface area contributed by atoms with Gasteiger partial charge in [0.1, 0.15) is 0 Å². The van der Waals surface area contributed by atoms with Gasteiger partial charge in [0.2, 0.25) is 0 Å². The number of aryl methyl sites for hydroxylation is 1. The molecule has 0 aliphatic carbocycles. The molecule has 2 rings (SSSR count). The van der Waals surface area contributed by atoms with Crippen LogP contribution in [0.3, 0.4) is 0 Å². The molecule has 0 spiro atoms. The highest BCUT2D eigenvalue weighted by Gasteiger charge is 2.21. The molecule has 0 N–H and O–H groups in total. The van der Waals surface area contributed by atoms with Crippen molar-refractivity contribution in [3.05, 3.63) is 47.5 Å². The minimum atomic E-state index is 0.318. The van der Waals surface area contributed by atoms with Gasteiger partial charge in [-0.3, -0.25) is 0 Å². The molecule has 0 aliphatic rings. The predicted octanol–water partition coefficient (Wildman–Crippen LogP) is 5.30. The van der Waals surface area contributed by atoms with Gasteiger partial charge in [-0.2, -0.15) is 0 Å². The van der Waals surface area contributed by atoms with Crippen molar-refractivity contribution in [3.63, 3.8) is 0 Å². The predicted molar refractivity (Wildman–Crippen MR) is 76.6 cm³/mol. The van der Waals surface area contributed by atoms with Crippen LogP contribution in [0.4, 0.5) is 0 Å². The van der Waals surface area contributed by atoms with Gasteiger partial charge < -0.3 is 0 Å². The number of benzene rings is 2. The van der Waals surface area contributed by atoms with E-state index >= 15 is 0 Å². The van der Waals surface area contributed by atoms with Crippen molar-refractivity contribution >= 4 is 10.8 Å². The van der Waals surface area contributed by atoms with E-state index in [0.29, 0.717) is 11.3 Å². The molecule has 0 radical (unpaired) electrons. The smallest absolute Gasteiger partial charge is 0.0141 e. The van der Waals surface area contributed by atoms with E-state index in [1.807, 2.05) is 0 Å². The quantitative estimate of drug-likeness (QED) is 0.619. The molecule has 0 saturated heterocycles. The summed E-state index contributed by atoms with van der Waals surface area (Å²) in [4.78, 5) is 0. The van der Waals surface area contributed by atoms with E-state index in [9.17, 15) is 0 Å². The molecule has 17 heavy (non-hydrogen) atoms. The fourth-order valence-electron chi connectivity index (χ4n) is 2.15. The minimum Gasteiger partial charge on any atom is -0.0596 e. The number of hydrogen-bond donors (Lipinski definition) is 0. The molecule has 0 aliphatic heterocycles. The second kappa shape index (κ2) is 4.18. The van der Waals surface area contributed by atoms with E-state index in [2.05, 4.69) is 71.0 Å². The van der Waals surface area contributed by atoms with Crippen molar-refractivity contribution in [2.24, 2.45) is 5.41 Å². The van der Waals surface area contributed by atoms with Crippen LogP contribution in [0.15, 0.2) is 36.4 Å². The molecule has 1 unspecified atom stereocenters. The highest BCUT2D eigenvalue weighted by molar-refractivity contribution is 5.83. The summed E-state index contributed by atoms with van der Waals surface area (Å²) in [5.41, 5.74) is 3.08. The minimum absolute atomic E-state index is 0.318. The van der Waals surface area contributed by atoms with Gasteiger partial charge in [0.05, 0.1) is 0 Å². The summed E-state index contributed by atoms with van der Waals surface area (Å²) in [6.07, 6.45) is 0. The molecule has 1 atom stereocenters. The first kappa shape index (κ1) is 12.2. The van der Waals surface area contributed by atoms with Crippen LogP contribution in [0.5, 0.6) is 0 Å². The first-order valence-electron chi connectivity index (χ1n) is 6.38. The van der Waals surface area contributed by atoms with Gasteiger partial charge >= 0.3 is 0 Å². The molecule has 0 nitrogen and oxygen atoms in total. The van der Waals surface area contributed by atoms with Crippen LogP contribution in [-0.4, -0.2) is 0 Å². The van der Waals surface area contributed by atoms with E-state index in [1.165, 1.54) is 21.9 Å². The van der Waals surface area contributed by atoms with Crippen LogP contribution in [0.25, 0.3) is 10.8 Å². The molecule has 0 amide bonds. The van der Waals surface area contributed by atoms with Crippen LogP contribution in [0.1, 0.15) is 44.7 Å². The van der Waals surface area contributed by atoms with E-state index in [0.717, 1.165) is 0 Å². The van der Waals surface area contributed by atoms with Crippen molar-refractivity contribution in [3.8, 4) is 0 Å². The molecule has 0 saturated carbocycles. The largest absolute Gasteiger partial charge is 0.0596 e. The fraction of sp³-hybridized carbons (Fsp3) is 0.412. The zero-order valence-electron chi connectivity index (χ0n) is 11.5. The zero-order chi connectivity index (χ0) is 12.6. The second-order valence-corrected chi connectivity index (χ2v) is 6.20. The standard InChI is InChI=1S/C17H22/c1-12-6-7-16-11-14(8-9-15(16)10-12)13(2)17(3,4)5/h6-11,13H,1-5H3. The molecule has 0 heterocycles. The van der Waals surface area contributed by atoms with Crippen LogP contribution >= 0.6 is 0 Å². The van der Waals surface area contributed by atoms with Gasteiger partial charge in [-0.15, -0.1) is 0 Å². The Balaban J connectivity index is 2.48. The maximum atomic E-state index is 2.34. The van der Waals surface area contributed by atoms with Crippen LogP contribution in [0, 0.1) is 12.3 Å². The van der Waals surface area contributed by atoms with Gasteiger partial charge in [0.25, 0.3) is 0 Å². The van der Waals surface area contributed by atoms with Crippen molar-refractivity contribution in [1.29, 1.82) is 0 Å². The maximum absolute atomic E-state index is 2.34. The maximum Gasteiger partial charge on any atom is -0.0141 e. The van der Waals surface area contributed by atoms with E-state index < -0.39 is 0 Å².